The molecule has 2 aromatic heterocycles. The first kappa shape index (κ1) is 14.9. The van der Waals surface area contributed by atoms with Gasteiger partial charge in [-0.2, -0.15) is 0 Å². The Labute approximate surface area is 152 Å². The average Bonchev–Trinajstić information content (AvgIpc) is 3.14. The third-order valence-corrected chi connectivity index (χ3v) is 6.62. The number of carbonyl (C=O) groups excluding carboxylic acids is 1. The Balaban J connectivity index is 1.50. The summed E-state index contributed by atoms with van der Waals surface area (Å²) < 4.78 is 3.22. The number of hydrogen-bond donors (Lipinski definition) is 1. The topological polar surface area (TPSA) is 59.3 Å². The van der Waals surface area contributed by atoms with Gasteiger partial charge in [0, 0.05) is 5.69 Å². The van der Waals surface area contributed by atoms with E-state index in [4.69, 9.17) is 0 Å². The molecule has 1 amide bonds. The minimum atomic E-state index is -0.182. The van der Waals surface area contributed by atoms with E-state index in [0.717, 1.165) is 34.2 Å². The summed E-state index contributed by atoms with van der Waals surface area (Å²) >= 11 is 3.11. The van der Waals surface area contributed by atoms with Crippen molar-refractivity contribution in [3.05, 3.63) is 54.1 Å². The molecule has 0 saturated heterocycles. The molecule has 1 aliphatic rings. The summed E-state index contributed by atoms with van der Waals surface area (Å²) in [6.45, 7) is 0. The van der Waals surface area contributed by atoms with Crippen LogP contribution in [0.25, 0.3) is 15.2 Å². The lowest BCUT2D eigenvalue weighted by atomic mass is 10.1. The highest BCUT2D eigenvalue weighted by Crippen LogP contribution is 2.34. The number of aromatic nitrogens is 3. The SMILES string of the molecule is O=C1Nc2ccccc2CC[C@H]1Sc1nnc2sc3ccccc3n12. The van der Waals surface area contributed by atoms with Gasteiger partial charge in [-0.15, -0.1) is 10.2 Å². The number of anilines is 1. The molecule has 2 aromatic carbocycles. The van der Waals surface area contributed by atoms with E-state index in [9.17, 15) is 4.79 Å². The molecule has 5 nitrogen and oxygen atoms in total. The molecule has 0 saturated carbocycles. The molecule has 4 aromatic rings. The molecule has 0 radical (unpaired) electrons. The number of benzene rings is 2. The number of thioether (sulfide) groups is 1. The maximum Gasteiger partial charge on any atom is 0.237 e. The van der Waals surface area contributed by atoms with Gasteiger partial charge in [0.05, 0.1) is 15.5 Å². The number of rotatable bonds is 2. The quantitative estimate of drug-likeness (QED) is 0.583. The molecule has 124 valence electrons. The molecule has 3 heterocycles. The molecule has 0 spiro atoms. The fourth-order valence-corrected chi connectivity index (χ4v) is 5.22. The number of nitrogens with one attached hydrogen (secondary N) is 1. The van der Waals surface area contributed by atoms with E-state index in [1.807, 2.05) is 30.3 Å². The minimum absolute atomic E-state index is 0.0336. The summed E-state index contributed by atoms with van der Waals surface area (Å²) in [4.78, 5) is 13.5. The smallest absolute Gasteiger partial charge is 0.237 e. The van der Waals surface area contributed by atoms with Gasteiger partial charge in [0.1, 0.15) is 0 Å². The summed E-state index contributed by atoms with van der Waals surface area (Å²) in [5, 5.41) is 12.3. The van der Waals surface area contributed by atoms with E-state index in [1.54, 1.807) is 11.3 Å². The molecule has 5 rings (SSSR count). The number of amides is 1. The highest BCUT2D eigenvalue weighted by molar-refractivity contribution is 8.00. The first-order valence-electron chi connectivity index (χ1n) is 8.08. The zero-order valence-corrected chi connectivity index (χ0v) is 14.8. The first-order valence-corrected chi connectivity index (χ1v) is 9.77. The lowest BCUT2D eigenvalue weighted by Crippen LogP contribution is -2.23. The van der Waals surface area contributed by atoms with Crippen molar-refractivity contribution < 1.29 is 4.79 Å². The molecule has 7 heteroatoms. The van der Waals surface area contributed by atoms with Crippen LogP contribution in [0.3, 0.4) is 0 Å². The molecule has 1 N–H and O–H groups in total. The van der Waals surface area contributed by atoms with Crippen LogP contribution in [-0.2, 0) is 11.2 Å². The van der Waals surface area contributed by atoms with Gasteiger partial charge in [-0.1, -0.05) is 53.4 Å². The molecular weight excluding hydrogens is 352 g/mol. The normalized spacial score (nSPS) is 17.4. The minimum Gasteiger partial charge on any atom is -0.325 e. The Bertz CT molecular complexity index is 1100. The van der Waals surface area contributed by atoms with Crippen LogP contribution >= 0.6 is 23.1 Å². The predicted octanol–water partition coefficient (Wildman–Crippen LogP) is 3.99. The highest BCUT2D eigenvalue weighted by Gasteiger charge is 2.27. The Morgan fingerprint density at radius 1 is 1.12 bits per heavy atom. The summed E-state index contributed by atoms with van der Waals surface area (Å²) in [5.74, 6) is 0.0336. The monoisotopic (exact) mass is 366 g/mol. The summed E-state index contributed by atoms with van der Waals surface area (Å²) in [6, 6.07) is 16.2. The number of fused-ring (bicyclic) bond motifs is 4. The van der Waals surface area contributed by atoms with Crippen molar-refractivity contribution in [1.29, 1.82) is 0 Å². The highest BCUT2D eigenvalue weighted by atomic mass is 32.2. The van der Waals surface area contributed by atoms with Crippen molar-refractivity contribution in [2.45, 2.75) is 23.2 Å². The Hall–Kier alpha value is -2.38. The molecule has 0 aliphatic carbocycles. The van der Waals surface area contributed by atoms with Crippen LogP contribution in [0.5, 0.6) is 0 Å². The Kier molecular flexibility index (Phi) is 3.50. The van der Waals surface area contributed by atoms with E-state index in [0.29, 0.717) is 0 Å². The van der Waals surface area contributed by atoms with Gasteiger partial charge < -0.3 is 5.32 Å². The summed E-state index contributed by atoms with van der Waals surface area (Å²) in [5.41, 5.74) is 3.20. The van der Waals surface area contributed by atoms with Crippen molar-refractivity contribution >= 4 is 49.9 Å². The number of nitrogens with zero attached hydrogens (tertiary/aromatic N) is 3. The second kappa shape index (κ2) is 5.86. The van der Waals surface area contributed by atoms with Crippen molar-refractivity contribution in [1.82, 2.24) is 14.6 Å². The van der Waals surface area contributed by atoms with Crippen molar-refractivity contribution in [2.75, 3.05) is 5.32 Å². The summed E-state index contributed by atoms with van der Waals surface area (Å²) in [6.07, 6.45) is 1.66. The van der Waals surface area contributed by atoms with Gasteiger partial charge >= 0.3 is 0 Å². The molecule has 0 fully saturated rings. The lowest BCUT2D eigenvalue weighted by molar-refractivity contribution is -0.115. The van der Waals surface area contributed by atoms with Crippen LogP contribution in [-0.4, -0.2) is 25.8 Å². The number of hydrogen-bond acceptors (Lipinski definition) is 5. The van der Waals surface area contributed by atoms with Crippen molar-refractivity contribution in [3.63, 3.8) is 0 Å². The third-order valence-electron chi connectivity index (χ3n) is 4.40. The Morgan fingerprint density at radius 2 is 1.96 bits per heavy atom. The summed E-state index contributed by atoms with van der Waals surface area (Å²) in [7, 11) is 0. The van der Waals surface area contributed by atoms with Crippen LogP contribution in [0, 0.1) is 0 Å². The van der Waals surface area contributed by atoms with Gasteiger partial charge in [0.2, 0.25) is 10.9 Å². The average molecular weight is 366 g/mol. The van der Waals surface area contributed by atoms with E-state index in [-0.39, 0.29) is 11.2 Å². The van der Waals surface area contributed by atoms with Crippen LogP contribution in [0.4, 0.5) is 5.69 Å². The van der Waals surface area contributed by atoms with E-state index >= 15 is 0 Å². The van der Waals surface area contributed by atoms with E-state index in [1.165, 1.54) is 22.0 Å². The number of thiazole rings is 1. The lowest BCUT2D eigenvalue weighted by Gasteiger charge is -2.11. The molecular formula is C18H14N4OS2. The van der Waals surface area contributed by atoms with Crippen LogP contribution < -0.4 is 5.32 Å². The van der Waals surface area contributed by atoms with Gasteiger partial charge in [0.15, 0.2) is 5.16 Å². The molecule has 25 heavy (non-hydrogen) atoms. The van der Waals surface area contributed by atoms with Crippen molar-refractivity contribution in [3.8, 4) is 0 Å². The predicted molar refractivity (Wildman–Crippen MR) is 101 cm³/mol. The zero-order chi connectivity index (χ0) is 16.8. The fraction of sp³-hybridized carbons (Fsp3) is 0.167. The van der Waals surface area contributed by atoms with E-state index < -0.39 is 0 Å². The standard InChI is InChI=1S/C18H14N4OS2/c23-16-15(10-9-11-5-1-2-6-12(11)19-16)25-18-21-20-17-22(18)13-7-3-4-8-14(13)24-17/h1-8,15H,9-10H2,(H,19,23)/t15-/m1/s1. The maximum atomic E-state index is 12.7. The van der Waals surface area contributed by atoms with Gasteiger partial charge in [-0.25, -0.2) is 0 Å². The second-order valence-electron chi connectivity index (χ2n) is 5.96. The number of para-hydroxylation sites is 2. The molecule has 0 unspecified atom stereocenters. The second-order valence-corrected chi connectivity index (χ2v) is 8.14. The molecule has 0 bridgehead atoms. The first-order chi connectivity index (χ1) is 12.3. The largest absolute Gasteiger partial charge is 0.325 e. The fourth-order valence-electron chi connectivity index (χ4n) is 3.16. The van der Waals surface area contributed by atoms with Crippen LogP contribution in [0.15, 0.2) is 53.7 Å². The third kappa shape index (κ3) is 2.51. The zero-order valence-electron chi connectivity index (χ0n) is 13.2. The number of carbonyl (C=O) groups is 1. The maximum absolute atomic E-state index is 12.7. The van der Waals surface area contributed by atoms with Gasteiger partial charge in [-0.05, 0) is 36.6 Å². The van der Waals surface area contributed by atoms with Crippen LogP contribution in [0.1, 0.15) is 12.0 Å². The molecule has 1 atom stereocenters. The van der Waals surface area contributed by atoms with Crippen LogP contribution in [0.2, 0.25) is 0 Å². The number of aryl methyl sites for hydroxylation is 1. The van der Waals surface area contributed by atoms with Gasteiger partial charge in [0.25, 0.3) is 0 Å². The Morgan fingerprint density at radius 3 is 2.92 bits per heavy atom. The van der Waals surface area contributed by atoms with Crippen molar-refractivity contribution in [2.24, 2.45) is 0 Å². The van der Waals surface area contributed by atoms with E-state index in [2.05, 4.69) is 38.1 Å². The van der Waals surface area contributed by atoms with Gasteiger partial charge in [-0.3, -0.25) is 9.20 Å². The molecule has 1 aliphatic heterocycles.